The first-order valence-corrected chi connectivity index (χ1v) is 3.95. The first kappa shape index (κ1) is 7.34. The second-order valence-corrected chi connectivity index (χ2v) is 3.25. The van der Waals surface area contributed by atoms with E-state index in [4.69, 9.17) is 5.73 Å². The zero-order valence-electron chi connectivity index (χ0n) is 7.23. The predicted molar refractivity (Wildman–Crippen MR) is 48.9 cm³/mol. The van der Waals surface area contributed by atoms with Gasteiger partial charge in [-0.2, -0.15) is 0 Å². The fraction of sp³-hybridized carbons (Fsp3) is 0.500. The Bertz CT molecular complexity index is 289. The third-order valence-electron chi connectivity index (χ3n) is 2.36. The zero-order chi connectivity index (χ0) is 8.72. The SMILES string of the molecule is CC1=CN(C)C2N=CN=C(N)C12. The van der Waals surface area contributed by atoms with E-state index in [0.29, 0.717) is 5.84 Å². The molecule has 4 heteroatoms. The summed E-state index contributed by atoms with van der Waals surface area (Å²) in [7, 11) is 2.00. The molecule has 2 aliphatic heterocycles. The van der Waals surface area contributed by atoms with Crippen molar-refractivity contribution in [1.29, 1.82) is 0 Å². The lowest BCUT2D eigenvalue weighted by Gasteiger charge is -2.24. The molecule has 0 amide bonds. The van der Waals surface area contributed by atoms with Gasteiger partial charge in [0, 0.05) is 13.2 Å². The summed E-state index contributed by atoms with van der Waals surface area (Å²) in [6.45, 7) is 2.06. The third-order valence-corrected chi connectivity index (χ3v) is 2.36. The number of nitrogens with two attached hydrogens (primary N) is 1. The number of aliphatic imine (C=N–C) groups is 2. The highest BCUT2D eigenvalue weighted by atomic mass is 15.3. The Kier molecular flexibility index (Phi) is 1.43. The first-order valence-electron chi connectivity index (χ1n) is 3.95. The number of amidine groups is 1. The average molecular weight is 164 g/mol. The molecule has 0 aromatic carbocycles. The summed E-state index contributed by atoms with van der Waals surface area (Å²) in [6, 6.07) is 0. The maximum absolute atomic E-state index is 5.76. The quantitative estimate of drug-likeness (QED) is 0.555. The molecule has 64 valence electrons. The number of rotatable bonds is 0. The van der Waals surface area contributed by atoms with Crippen molar-refractivity contribution in [3.63, 3.8) is 0 Å². The Hall–Kier alpha value is -1.32. The highest BCUT2D eigenvalue weighted by molar-refractivity contribution is 5.93. The van der Waals surface area contributed by atoms with Crippen LogP contribution in [-0.4, -0.2) is 30.3 Å². The van der Waals surface area contributed by atoms with Crippen LogP contribution in [0.15, 0.2) is 21.8 Å². The molecule has 0 fully saturated rings. The molecular weight excluding hydrogens is 152 g/mol. The Balaban J connectivity index is 2.36. The molecule has 2 rings (SSSR count). The van der Waals surface area contributed by atoms with Gasteiger partial charge < -0.3 is 10.6 Å². The molecule has 2 atom stereocenters. The monoisotopic (exact) mass is 164 g/mol. The lowest BCUT2D eigenvalue weighted by atomic mass is 9.99. The smallest absolute Gasteiger partial charge is 0.136 e. The van der Waals surface area contributed by atoms with Crippen molar-refractivity contribution in [3.05, 3.63) is 11.8 Å². The van der Waals surface area contributed by atoms with Gasteiger partial charge in [0.2, 0.25) is 0 Å². The molecule has 0 saturated carbocycles. The minimum absolute atomic E-state index is 0.141. The Labute approximate surface area is 71.5 Å². The van der Waals surface area contributed by atoms with Crippen LogP contribution in [0.25, 0.3) is 0 Å². The summed E-state index contributed by atoms with van der Waals surface area (Å²) < 4.78 is 0. The standard InChI is InChI=1S/C8H12N4/c1-5-3-12(2)8-6(5)7(9)10-4-11-8/h3-4,6,8H,1-2H3,(H2,9,10,11). The van der Waals surface area contributed by atoms with Gasteiger partial charge in [-0.05, 0) is 12.5 Å². The van der Waals surface area contributed by atoms with Gasteiger partial charge in [-0.1, -0.05) is 0 Å². The number of hydrogen-bond acceptors (Lipinski definition) is 4. The summed E-state index contributed by atoms with van der Waals surface area (Å²) in [5.41, 5.74) is 7.00. The van der Waals surface area contributed by atoms with Crippen molar-refractivity contribution < 1.29 is 0 Å². The Morgan fingerprint density at radius 2 is 2.33 bits per heavy atom. The van der Waals surface area contributed by atoms with E-state index in [1.807, 2.05) is 7.05 Å². The van der Waals surface area contributed by atoms with Gasteiger partial charge >= 0.3 is 0 Å². The number of fused-ring (bicyclic) bond motifs is 1. The lowest BCUT2D eigenvalue weighted by Crippen LogP contribution is -2.38. The van der Waals surface area contributed by atoms with Crippen molar-refractivity contribution in [3.8, 4) is 0 Å². The topological polar surface area (TPSA) is 54.0 Å². The van der Waals surface area contributed by atoms with Crippen LogP contribution in [0.5, 0.6) is 0 Å². The Morgan fingerprint density at radius 3 is 3.00 bits per heavy atom. The summed E-state index contributed by atoms with van der Waals surface area (Å²) >= 11 is 0. The second kappa shape index (κ2) is 2.33. The fourth-order valence-corrected chi connectivity index (χ4v) is 1.77. The zero-order valence-corrected chi connectivity index (χ0v) is 7.23. The molecule has 4 nitrogen and oxygen atoms in total. The Morgan fingerprint density at radius 1 is 1.58 bits per heavy atom. The van der Waals surface area contributed by atoms with Crippen LogP contribution in [0.2, 0.25) is 0 Å². The summed E-state index contributed by atoms with van der Waals surface area (Å²) in [5.74, 6) is 0.869. The van der Waals surface area contributed by atoms with Crippen molar-refractivity contribution in [2.45, 2.75) is 13.1 Å². The molecular formula is C8H12N4. The largest absolute Gasteiger partial charge is 0.386 e. The molecule has 0 bridgehead atoms. The van der Waals surface area contributed by atoms with Crippen molar-refractivity contribution in [2.75, 3.05) is 7.05 Å². The second-order valence-electron chi connectivity index (χ2n) is 3.25. The highest BCUT2D eigenvalue weighted by Gasteiger charge is 2.34. The molecule has 0 spiro atoms. The normalized spacial score (nSPS) is 33.0. The van der Waals surface area contributed by atoms with E-state index in [-0.39, 0.29) is 12.1 Å². The lowest BCUT2D eigenvalue weighted by molar-refractivity contribution is 0.340. The number of nitrogens with zero attached hydrogens (tertiary/aromatic N) is 3. The van der Waals surface area contributed by atoms with Gasteiger partial charge in [0.1, 0.15) is 18.3 Å². The highest BCUT2D eigenvalue weighted by Crippen LogP contribution is 2.29. The van der Waals surface area contributed by atoms with E-state index >= 15 is 0 Å². The van der Waals surface area contributed by atoms with Crippen LogP contribution in [0.1, 0.15) is 6.92 Å². The fourth-order valence-electron chi connectivity index (χ4n) is 1.77. The van der Waals surface area contributed by atoms with Crippen LogP contribution in [0.4, 0.5) is 0 Å². The molecule has 2 aliphatic rings. The van der Waals surface area contributed by atoms with Crippen molar-refractivity contribution in [1.82, 2.24) is 4.90 Å². The van der Waals surface area contributed by atoms with Gasteiger partial charge in [0.05, 0.1) is 5.92 Å². The van der Waals surface area contributed by atoms with E-state index in [2.05, 4.69) is 28.0 Å². The summed E-state index contributed by atoms with van der Waals surface area (Å²) in [5, 5.41) is 0. The summed E-state index contributed by atoms with van der Waals surface area (Å²) in [6.07, 6.45) is 3.75. The predicted octanol–water partition coefficient (Wildman–Crippen LogP) is 0.177. The van der Waals surface area contributed by atoms with Crippen LogP contribution < -0.4 is 5.73 Å². The van der Waals surface area contributed by atoms with Gasteiger partial charge in [0.15, 0.2) is 0 Å². The van der Waals surface area contributed by atoms with E-state index in [9.17, 15) is 0 Å². The minimum Gasteiger partial charge on any atom is -0.386 e. The molecule has 0 radical (unpaired) electrons. The van der Waals surface area contributed by atoms with Crippen molar-refractivity contribution >= 4 is 12.2 Å². The summed E-state index contributed by atoms with van der Waals surface area (Å²) in [4.78, 5) is 10.3. The van der Waals surface area contributed by atoms with E-state index in [1.165, 1.54) is 5.57 Å². The maximum Gasteiger partial charge on any atom is 0.136 e. The molecule has 2 N–H and O–H groups in total. The van der Waals surface area contributed by atoms with Gasteiger partial charge in [-0.25, -0.2) is 9.98 Å². The van der Waals surface area contributed by atoms with Crippen molar-refractivity contribution in [2.24, 2.45) is 21.6 Å². The van der Waals surface area contributed by atoms with Crippen LogP contribution in [0, 0.1) is 5.92 Å². The van der Waals surface area contributed by atoms with Gasteiger partial charge in [0.25, 0.3) is 0 Å². The molecule has 0 aromatic rings. The van der Waals surface area contributed by atoms with Crippen LogP contribution in [-0.2, 0) is 0 Å². The molecule has 2 heterocycles. The maximum atomic E-state index is 5.76. The third kappa shape index (κ3) is 0.841. The minimum atomic E-state index is 0.141. The molecule has 12 heavy (non-hydrogen) atoms. The van der Waals surface area contributed by atoms with E-state index < -0.39 is 0 Å². The van der Waals surface area contributed by atoms with Gasteiger partial charge in [-0.3, -0.25) is 0 Å². The molecule has 0 aliphatic carbocycles. The average Bonchev–Trinajstić information content (AvgIpc) is 2.29. The van der Waals surface area contributed by atoms with Gasteiger partial charge in [-0.15, -0.1) is 0 Å². The van der Waals surface area contributed by atoms with E-state index in [0.717, 1.165) is 0 Å². The first-order chi connectivity index (χ1) is 5.70. The molecule has 2 unspecified atom stereocenters. The molecule has 0 aromatic heterocycles. The molecule has 0 saturated heterocycles. The van der Waals surface area contributed by atoms with Crippen LogP contribution >= 0.6 is 0 Å². The van der Waals surface area contributed by atoms with Crippen LogP contribution in [0.3, 0.4) is 0 Å². The number of hydrogen-bond donors (Lipinski definition) is 1. The van der Waals surface area contributed by atoms with E-state index in [1.54, 1.807) is 6.34 Å².